The number of hydrogen-bond donors (Lipinski definition) is 1. The van der Waals surface area contributed by atoms with Crippen LogP contribution >= 0.6 is 11.6 Å². The summed E-state index contributed by atoms with van der Waals surface area (Å²) in [4.78, 5) is 27.4. The molecule has 2 amide bonds. The van der Waals surface area contributed by atoms with Gasteiger partial charge in [-0.2, -0.15) is 5.10 Å². The fourth-order valence-corrected chi connectivity index (χ4v) is 3.17. The van der Waals surface area contributed by atoms with Crippen LogP contribution in [0.5, 0.6) is 0 Å². The Hall–Kier alpha value is -3.12. The molecule has 0 aliphatic carbocycles. The highest BCUT2D eigenvalue weighted by Gasteiger charge is 2.27. The van der Waals surface area contributed by atoms with Crippen molar-refractivity contribution in [3.05, 3.63) is 77.6 Å². The SMILES string of the molecule is CCCN(C(=O)c1cnn(-c2cccc(Cl)c2)c1)C(C)C(=O)Nc1ccccc1. The van der Waals surface area contributed by atoms with Gasteiger partial charge in [-0.15, -0.1) is 0 Å². The number of nitrogens with one attached hydrogen (secondary N) is 1. The van der Waals surface area contributed by atoms with E-state index >= 15 is 0 Å². The second kappa shape index (κ2) is 9.39. The van der Waals surface area contributed by atoms with Crippen molar-refractivity contribution in [1.82, 2.24) is 14.7 Å². The Labute approximate surface area is 175 Å². The van der Waals surface area contributed by atoms with Crippen molar-refractivity contribution in [3.63, 3.8) is 0 Å². The van der Waals surface area contributed by atoms with Gasteiger partial charge in [0, 0.05) is 23.5 Å². The second-order valence-electron chi connectivity index (χ2n) is 6.68. The minimum Gasteiger partial charge on any atom is -0.327 e. The molecule has 0 spiro atoms. The van der Waals surface area contributed by atoms with Gasteiger partial charge in [0.15, 0.2) is 0 Å². The van der Waals surface area contributed by atoms with E-state index in [1.165, 1.54) is 6.20 Å². The van der Waals surface area contributed by atoms with Gasteiger partial charge in [0.25, 0.3) is 5.91 Å². The molecule has 0 aliphatic heterocycles. The summed E-state index contributed by atoms with van der Waals surface area (Å²) in [5, 5.41) is 7.72. The Morgan fingerprint density at radius 2 is 1.93 bits per heavy atom. The zero-order chi connectivity index (χ0) is 20.8. The predicted octanol–water partition coefficient (Wildman–Crippen LogP) is 4.41. The lowest BCUT2D eigenvalue weighted by Crippen LogP contribution is -2.46. The summed E-state index contributed by atoms with van der Waals surface area (Å²) in [5.74, 6) is -0.476. The number of benzene rings is 2. The highest BCUT2D eigenvalue weighted by atomic mass is 35.5. The fraction of sp³-hybridized carbons (Fsp3) is 0.227. The molecular formula is C22H23ClN4O2. The third kappa shape index (κ3) is 5.03. The molecule has 0 fully saturated rings. The number of carbonyl (C=O) groups is 2. The van der Waals surface area contributed by atoms with Gasteiger partial charge in [-0.05, 0) is 43.7 Å². The maximum atomic E-state index is 13.1. The van der Waals surface area contributed by atoms with Crippen molar-refractivity contribution in [3.8, 4) is 5.69 Å². The average molecular weight is 411 g/mol. The number of nitrogens with zero attached hydrogens (tertiary/aromatic N) is 3. The van der Waals surface area contributed by atoms with E-state index in [2.05, 4.69) is 10.4 Å². The number of amides is 2. The summed E-state index contributed by atoms with van der Waals surface area (Å²) in [7, 11) is 0. The summed E-state index contributed by atoms with van der Waals surface area (Å²) in [5.41, 5.74) is 1.87. The van der Waals surface area contributed by atoms with E-state index in [9.17, 15) is 9.59 Å². The van der Waals surface area contributed by atoms with Crippen LogP contribution in [-0.2, 0) is 4.79 Å². The van der Waals surface area contributed by atoms with Crippen LogP contribution in [0, 0.1) is 0 Å². The first kappa shape index (κ1) is 20.6. The molecule has 1 aromatic heterocycles. The van der Waals surface area contributed by atoms with Gasteiger partial charge in [0.1, 0.15) is 6.04 Å². The van der Waals surface area contributed by atoms with E-state index in [4.69, 9.17) is 11.6 Å². The highest BCUT2D eigenvalue weighted by Crippen LogP contribution is 2.17. The lowest BCUT2D eigenvalue weighted by Gasteiger charge is -2.27. The summed E-state index contributed by atoms with van der Waals surface area (Å²) in [6.45, 7) is 4.16. The molecule has 0 saturated carbocycles. The lowest BCUT2D eigenvalue weighted by atomic mass is 10.2. The highest BCUT2D eigenvalue weighted by molar-refractivity contribution is 6.30. The Bertz CT molecular complexity index is 987. The molecule has 6 nitrogen and oxygen atoms in total. The molecule has 1 N–H and O–H groups in total. The van der Waals surface area contributed by atoms with Gasteiger partial charge in [0.05, 0.1) is 17.4 Å². The maximum Gasteiger partial charge on any atom is 0.257 e. The quantitative estimate of drug-likeness (QED) is 0.627. The van der Waals surface area contributed by atoms with Crippen LogP contribution in [0.2, 0.25) is 5.02 Å². The van der Waals surface area contributed by atoms with Crippen molar-refractivity contribution in [2.75, 3.05) is 11.9 Å². The largest absolute Gasteiger partial charge is 0.327 e. The normalized spacial score (nSPS) is 11.7. The van der Waals surface area contributed by atoms with Gasteiger partial charge in [-0.25, -0.2) is 4.68 Å². The minimum atomic E-state index is -0.628. The Kier molecular flexibility index (Phi) is 6.67. The third-order valence-electron chi connectivity index (χ3n) is 4.52. The first-order chi connectivity index (χ1) is 14.0. The summed E-state index contributed by atoms with van der Waals surface area (Å²) < 4.78 is 1.60. The van der Waals surface area contributed by atoms with Gasteiger partial charge in [0.2, 0.25) is 5.91 Å². The maximum absolute atomic E-state index is 13.1. The number of halogens is 1. The Balaban J connectivity index is 1.78. The van der Waals surface area contributed by atoms with Crippen molar-refractivity contribution in [2.24, 2.45) is 0 Å². The van der Waals surface area contributed by atoms with E-state index in [0.29, 0.717) is 22.8 Å². The van der Waals surface area contributed by atoms with Crippen LogP contribution in [0.3, 0.4) is 0 Å². The van der Waals surface area contributed by atoms with Crippen LogP contribution in [0.15, 0.2) is 67.0 Å². The number of carbonyl (C=O) groups excluding carboxylic acids is 2. The number of aromatic nitrogens is 2. The van der Waals surface area contributed by atoms with Crippen LogP contribution in [-0.4, -0.2) is 39.1 Å². The summed E-state index contributed by atoms with van der Waals surface area (Å²) >= 11 is 6.04. The van der Waals surface area contributed by atoms with E-state index in [-0.39, 0.29) is 11.8 Å². The van der Waals surface area contributed by atoms with E-state index < -0.39 is 6.04 Å². The molecule has 2 aromatic carbocycles. The number of rotatable bonds is 7. The van der Waals surface area contributed by atoms with Gasteiger partial charge < -0.3 is 10.2 Å². The van der Waals surface area contributed by atoms with Crippen LogP contribution in [0.1, 0.15) is 30.6 Å². The summed E-state index contributed by atoms with van der Waals surface area (Å²) in [6.07, 6.45) is 3.89. The Morgan fingerprint density at radius 3 is 2.62 bits per heavy atom. The van der Waals surface area contributed by atoms with Crippen LogP contribution in [0.4, 0.5) is 5.69 Å². The minimum absolute atomic E-state index is 0.236. The zero-order valence-electron chi connectivity index (χ0n) is 16.4. The van der Waals surface area contributed by atoms with Crippen molar-refractivity contribution >= 4 is 29.1 Å². The molecular weight excluding hydrogens is 388 g/mol. The van der Waals surface area contributed by atoms with E-state index in [0.717, 1.165) is 12.1 Å². The molecule has 0 saturated heterocycles. The van der Waals surface area contributed by atoms with Gasteiger partial charge in [-0.3, -0.25) is 9.59 Å². The molecule has 0 aliphatic rings. The lowest BCUT2D eigenvalue weighted by molar-refractivity contribution is -0.120. The standard InChI is InChI=1S/C22H23ClN4O2/c1-3-12-26(16(2)21(28)25-19-9-5-4-6-10-19)22(29)17-14-24-27(15-17)20-11-7-8-18(23)13-20/h4-11,13-16H,3,12H2,1-2H3,(H,25,28). The Morgan fingerprint density at radius 1 is 1.17 bits per heavy atom. The molecule has 7 heteroatoms. The van der Waals surface area contributed by atoms with E-state index in [1.807, 2.05) is 49.4 Å². The molecule has 0 radical (unpaired) electrons. The van der Waals surface area contributed by atoms with Crippen LogP contribution < -0.4 is 5.32 Å². The first-order valence-corrected chi connectivity index (χ1v) is 9.85. The number of hydrogen-bond acceptors (Lipinski definition) is 3. The molecule has 3 aromatic rings. The molecule has 1 unspecified atom stereocenters. The smallest absolute Gasteiger partial charge is 0.257 e. The third-order valence-corrected chi connectivity index (χ3v) is 4.75. The molecule has 150 valence electrons. The number of anilines is 1. The molecule has 29 heavy (non-hydrogen) atoms. The van der Waals surface area contributed by atoms with Crippen LogP contribution in [0.25, 0.3) is 5.69 Å². The summed E-state index contributed by atoms with van der Waals surface area (Å²) in [6, 6.07) is 15.8. The van der Waals surface area contributed by atoms with Crippen molar-refractivity contribution in [2.45, 2.75) is 26.3 Å². The second-order valence-corrected chi connectivity index (χ2v) is 7.12. The monoisotopic (exact) mass is 410 g/mol. The van der Waals surface area contributed by atoms with Crippen molar-refractivity contribution < 1.29 is 9.59 Å². The van der Waals surface area contributed by atoms with Gasteiger partial charge in [-0.1, -0.05) is 42.8 Å². The first-order valence-electron chi connectivity index (χ1n) is 9.47. The average Bonchev–Trinajstić information content (AvgIpc) is 3.22. The number of para-hydroxylation sites is 1. The van der Waals surface area contributed by atoms with Crippen molar-refractivity contribution in [1.29, 1.82) is 0 Å². The van der Waals surface area contributed by atoms with Gasteiger partial charge >= 0.3 is 0 Å². The predicted molar refractivity (Wildman–Crippen MR) is 114 cm³/mol. The van der Waals surface area contributed by atoms with E-state index in [1.54, 1.807) is 34.8 Å². The topological polar surface area (TPSA) is 67.2 Å². The molecule has 1 atom stereocenters. The molecule has 3 rings (SSSR count). The molecule has 1 heterocycles. The zero-order valence-corrected chi connectivity index (χ0v) is 17.1. The fourth-order valence-electron chi connectivity index (χ4n) is 2.98. The molecule has 0 bridgehead atoms.